The van der Waals surface area contributed by atoms with E-state index >= 15 is 0 Å². The minimum absolute atomic E-state index is 0.110. The van der Waals surface area contributed by atoms with Gasteiger partial charge in [-0.2, -0.15) is 0 Å². The molecule has 1 unspecified atom stereocenters. The van der Waals surface area contributed by atoms with Crippen molar-refractivity contribution in [1.82, 2.24) is 14.5 Å². The SMILES string of the molecule is CCOC(=O)C1CCCCN1C(=O)CSc1nc2scc(-c3ccccc3)c2c(=O)n1C. The topological polar surface area (TPSA) is 81.5 Å². The molecule has 32 heavy (non-hydrogen) atoms. The molecule has 1 aliphatic heterocycles. The molecule has 0 spiro atoms. The van der Waals surface area contributed by atoms with E-state index in [-0.39, 0.29) is 23.2 Å². The van der Waals surface area contributed by atoms with Gasteiger partial charge in [0.05, 0.1) is 17.7 Å². The van der Waals surface area contributed by atoms with Gasteiger partial charge in [0.2, 0.25) is 5.91 Å². The molecule has 0 saturated carbocycles. The van der Waals surface area contributed by atoms with E-state index in [1.54, 1.807) is 18.9 Å². The zero-order chi connectivity index (χ0) is 22.7. The summed E-state index contributed by atoms with van der Waals surface area (Å²) in [5, 5.41) is 3.03. The molecule has 1 amide bonds. The molecule has 3 heterocycles. The monoisotopic (exact) mass is 471 g/mol. The van der Waals surface area contributed by atoms with Gasteiger partial charge in [-0.05, 0) is 31.7 Å². The van der Waals surface area contributed by atoms with E-state index in [9.17, 15) is 14.4 Å². The molecule has 0 bridgehead atoms. The highest BCUT2D eigenvalue weighted by atomic mass is 32.2. The third-order valence-electron chi connectivity index (χ3n) is 5.57. The number of hydrogen-bond donors (Lipinski definition) is 0. The molecule has 168 valence electrons. The molecule has 1 saturated heterocycles. The number of thioether (sulfide) groups is 1. The molecule has 1 atom stereocenters. The lowest BCUT2D eigenvalue weighted by Crippen LogP contribution is -2.49. The number of ether oxygens (including phenoxy) is 1. The van der Waals surface area contributed by atoms with Crippen LogP contribution in [0.15, 0.2) is 45.7 Å². The average Bonchev–Trinajstić information content (AvgIpc) is 3.25. The van der Waals surface area contributed by atoms with Gasteiger partial charge < -0.3 is 9.64 Å². The second-order valence-electron chi connectivity index (χ2n) is 7.59. The first-order valence-electron chi connectivity index (χ1n) is 10.6. The van der Waals surface area contributed by atoms with E-state index in [1.165, 1.54) is 27.7 Å². The fourth-order valence-corrected chi connectivity index (χ4v) is 5.78. The maximum atomic E-state index is 13.1. The van der Waals surface area contributed by atoms with Crippen molar-refractivity contribution < 1.29 is 14.3 Å². The highest BCUT2D eigenvalue weighted by molar-refractivity contribution is 7.99. The number of carbonyl (C=O) groups excluding carboxylic acids is 2. The predicted octanol–water partition coefficient (Wildman–Crippen LogP) is 3.70. The van der Waals surface area contributed by atoms with Crippen LogP contribution in [0.4, 0.5) is 0 Å². The van der Waals surface area contributed by atoms with Crippen molar-refractivity contribution in [2.75, 3.05) is 18.9 Å². The van der Waals surface area contributed by atoms with Gasteiger partial charge in [0.15, 0.2) is 5.16 Å². The minimum Gasteiger partial charge on any atom is -0.464 e. The van der Waals surface area contributed by atoms with Crippen LogP contribution in [0.1, 0.15) is 26.2 Å². The molecule has 3 aromatic rings. The van der Waals surface area contributed by atoms with Crippen LogP contribution in [-0.2, 0) is 21.4 Å². The molecule has 4 rings (SSSR count). The van der Waals surface area contributed by atoms with Crippen LogP contribution in [-0.4, -0.2) is 51.3 Å². The Morgan fingerprint density at radius 2 is 2.03 bits per heavy atom. The van der Waals surface area contributed by atoms with Gasteiger partial charge in [0, 0.05) is 24.5 Å². The van der Waals surface area contributed by atoms with Gasteiger partial charge in [0.25, 0.3) is 5.56 Å². The largest absolute Gasteiger partial charge is 0.464 e. The zero-order valence-electron chi connectivity index (χ0n) is 18.1. The maximum absolute atomic E-state index is 13.1. The van der Waals surface area contributed by atoms with E-state index in [0.717, 1.165) is 24.0 Å². The second-order valence-corrected chi connectivity index (χ2v) is 9.39. The van der Waals surface area contributed by atoms with Gasteiger partial charge >= 0.3 is 5.97 Å². The van der Waals surface area contributed by atoms with Gasteiger partial charge in [-0.1, -0.05) is 42.1 Å². The fourth-order valence-electron chi connectivity index (χ4n) is 3.94. The van der Waals surface area contributed by atoms with Crippen molar-refractivity contribution in [3.8, 4) is 11.1 Å². The van der Waals surface area contributed by atoms with Crippen molar-refractivity contribution in [3.63, 3.8) is 0 Å². The number of fused-ring (bicyclic) bond motifs is 1. The first-order chi connectivity index (χ1) is 15.5. The van der Waals surface area contributed by atoms with Gasteiger partial charge in [-0.3, -0.25) is 14.2 Å². The van der Waals surface area contributed by atoms with E-state index in [2.05, 4.69) is 4.98 Å². The Labute approximate surface area is 194 Å². The van der Waals surface area contributed by atoms with Crippen molar-refractivity contribution in [2.24, 2.45) is 7.05 Å². The number of benzene rings is 1. The summed E-state index contributed by atoms with van der Waals surface area (Å²) >= 11 is 2.65. The summed E-state index contributed by atoms with van der Waals surface area (Å²) in [7, 11) is 1.68. The number of hydrogen-bond acceptors (Lipinski definition) is 7. The van der Waals surface area contributed by atoms with Gasteiger partial charge in [0.1, 0.15) is 10.9 Å². The van der Waals surface area contributed by atoms with E-state index in [1.807, 2.05) is 35.7 Å². The minimum atomic E-state index is -0.526. The third-order valence-corrected chi connectivity index (χ3v) is 7.45. The van der Waals surface area contributed by atoms with Crippen LogP contribution in [0.25, 0.3) is 21.3 Å². The Morgan fingerprint density at radius 1 is 1.25 bits per heavy atom. The number of esters is 1. The number of carbonyl (C=O) groups is 2. The molecule has 0 aliphatic carbocycles. The number of aromatic nitrogens is 2. The summed E-state index contributed by atoms with van der Waals surface area (Å²) in [5.74, 6) is -0.374. The van der Waals surface area contributed by atoms with Crippen LogP contribution in [0.5, 0.6) is 0 Å². The molecular weight excluding hydrogens is 446 g/mol. The molecular formula is C23H25N3O4S2. The molecule has 9 heteroatoms. The molecule has 0 N–H and O–H groups in total. The van der Waals surface area contributed by atoms with E-state index in [0.29, 0.717) is 34.9 Å². The van der Waals surface area contributed by atoms with Crippen LogP contribution in [0.3, 0.4) is 0 Å². The number of piperidine rings is 1. The van der Waals surface area contributed by atoms with Gasteiger partial charge in [-0.15, -0.1) is 11.3 Å². The first-order valence-corrected chi connectivity index (χ1v) is 12.5. The van der Waals surface area contributed by atoms with Crippen LogP contribution in [0, 0.1) is 0 Å². The Bertz CT molecular complexity index is 1190. The van der Waals surface area contributed by atoms with Gasteiger partial charge in [-0.25, -0.2) is 9.78 Å². The van der Waals surface area contributed by atoms with Crippen molar-refractivity contribution in [3.05, 3.63) is 46.1 Å². The summed E-state index contributed by atoms with van der Waals surface area (Å²) < 4.78 is 6.65. The van der Waals surface area contributed by atoms with Crippen molar-refractivity contribution in [1.29, 1.82) is 0 Å². The maximum Gasteiger partial charge on any atom is 0.328 e. The highest BCUT2D eigenvalue weighted by Gasteiger charge is 2.33. The standard InChI is InChI=1S/C23H25N3O4S2/c1-3-30-22(29)17-11-7-8-12-26(17)18(27)14-32-23-24-20-19(21(28)25(23)2)16(13-31-20)15-9-5-4-6-10-15/h4-6,9-10,13,17H,3,7-8,11-12,14H2,1-2H3. The lowest BCUT2D eigenvalue weighted by atomic mass is 10.0. The number of rotatable bonds is 6. The highest BCUT2D eigenvalue weighted by Crippen LogP contribution is 2.32. The van der Waals surface area contributed by atoms with Crippen molar-refractivity contribution in [2.45, 2.75) is 37.4 Å². The number of likely N-dealkylation sites (tertiary alicyclic amines) is 1. The first kappa shape index (κ1) is 22.5. The Hall–Kier alpha value is -2.65. The summed E-state index contributed by atoms with van der Waals surface area (Å²) in [5.41, 5.74) is 1.72. The van der Waals surface area contributed by atoms with E-state index in [4.69, 9.17) is 4.74 Å². The summed E-state index contributed by atoms with van der Waals surface area (Å²) in [6.07, 6.45) is 2.39. The number of thiophene rings is 1. The summed E-state index contributed by atoms with van der Waals surface area (Å²) in [6, 6.07) is 9.24. The van der Waals surface area contributed by atoms with Crippen LogP contribution < -0.4 is 5.56 Å². The summed E-state index contributed by atoms with van der Waals surface area (Å²) in [6.45, 7) is 2.60. The molecule has 7 nitrogen and oxygen atoms in total. The third kappa shape index (κ3) is 4.45. The lowest BCUT2D eigenvalue weighted by Gasteiger charge is -2.34. The lowest BCUT2D eigenvalue weighted by molar-refractivity contribution is -0.155. The van der Waals surface area contributed by atoms with E-state index < -0.39 is 6.04 Å². The Balaban J connectivity index is 1.55. The van der Waals surface area contributed by atoms with Crippen molar-refractivity contribution >= 4 is 45.2 Å². The normalized spacial score (nSPS) is 16.3. The number of amides is 1. The fraction of sp³-hybridized carbons (Fsp3) is 0.391. The summed E-state index contributed by atoms with van der Waals surface area (Å²) in [4.78, 5) is 45.3. The quantitative estimate of drug-likeness (QED) is 0.310. The number of nitrogens with zero attached hydrogens (tertiary/aromatic N) is 3. The molecule has 2 aromatic heterocycles. The smallest absolute Gasteiger partial charge is 0.328 e. The molecule has 0 radical (unpaired) electrons. The second kappa shape index (κ2) is 9.87. The molecule has 1 fully saturated rings. The predicted molar refractivity (Wildman–Crippen MR) is 127 cm³/mol. The zero-order valence-corrected chi connectivity index (χ0v) is 19.7. The van der Waals surface area contributed by atoms with Crippen LogP contribution in [0.2, 0.25) is 0 Å². The average molecular weight is 472 g/mol. The Kier molecular flexibility index (Phi) is 6.95. The van der Waals surface area contributed by atoms with Crippen LogP contribution >= 0.6 is 23.1 Å². The molecule has 1 aromatic carbocycles. The molecule has 1 aliphatic rings. The Morgan fingerprint density at radius 3 is 2.78 bits per heavy atom.